The highest BCUT2D eigenvalue weighted by molar-refractivity contribution is 5.74. The summed E-state index contributed by atoms with van der Waals surface area (Å²) in [4.78, 5) is 7.61. The molecule has 0 unspecified atom stereocenters. The molecule has 130 valence electrons. The van der Waals surface area contributed by atoms with E-state index in [2.05, 4.69) is 9.97 Å². The number of hydrogen-bond acceptors (Lipinski definition) is 2. The topological polar surface area (TPSA) is 25.8 Å². The van der Waals surface area contributed by atoms with Crippen LogP contribution in [0.15, 0.2) is 49.1 Å². The van der Waals surface area contributed by atoms with Gasteiger partial charge in [0, 0.05) is 24.8 Å². The molecule has 0 atom stereocenters. The molecule has 1 aromatic carbocycles. The summed E-state index contributed by atoms with van der Waals surface area (Å²) in [5.41, 5.74) is -0.390. The Bertz CT molecular complexity index is 859. The molecular formula is C20H12F4N2. The third kappa shape index (κ3) is 3.69. The van der Waals surface area contributed by atoms with Crippen molar-refractivity contribution in [3.63, 3.8) is 0 Å². The van der Waals surface area contributed by atoms with E-state index in [1.807, 2.05) is 0 Å². The number of halogens is 4. The van der Waals surface area contributed by atoms with E-state index in [0.717, 1.165) is 12.2 Å². The zero-order valence-electron chi connectivity index (χ0n) is 13.3. The molecule has 26 heavy (non-hydrogen) atoms. The second-order valence-electron chi connectivity index (χ2n) is 5.31. The molecular weight excluding hydrogens is 344 g/mol. The quantitative estimate of drug-likeness (QED) is 0.464. The Labute approximate surface area is 147 Å². The number of pyridine rings is 2. The minimum Gasteiger partial charge on any atom is -0.265 e. The summed E-state index contributed by atoms with van der Waals surface area (Å²) in [6.45, 7) is 0. The van der Waals surface area contributed by atoms with Gasteiger partial charge in [-0.25, -0.2) is 17.6 Å². The van der Waals surface area contributed by atoms with Crippen LogP contribution in [0, 0.1) is 23.3 Å². The van der Waals surface area contributed by atoms with Crippen LogP contribution in [0.3, 0.4) is 0 Å². The molecule has 3 rings (SSSR count). The third-order valence-corrected chi connectivity index (χ3v) is 3.63. The van der Waals surface area contributed by atoms with Crippen molar-refractivity contribution in [3.8, 4) is 0 Å². The largest absolute Gasteiger partial charge is 0.265 e. The Balaban J connectivity index is 2.00. The van der Waals surface area contributed by atoms with Gasteiger partial charge in [0.2, 0.25) is 0 Å². The summed E-state index contributed by atoms with van der Waals surface area (Å²) in [5, 5.41) is 0. The van der Waals surface area contributed by atoms with Crippen LogP contribution in [0.4, 0.5) is 17.6 Å². The maximum atomic E-state index is 14.2. The summed E-state index contributed by atoms with van der Waals surface area (Å²) in [6, 6.07) is 6.35. The van der Waals surface area contributed by atoms with Crippen molar-refractivity contribution >= 4 is 24.3 Å². The molecule has 0 amide bonds. The monoisotopic (exact) mass is 356 g/mol. The normalized spacial score (nSPS) is 11.5. The van der Waals surface area contributed by atoms with Crippen LogP contribution in [0.2, 0.25) is 0 Å². The van der Waals surface area contributed by atoms with Gasteiger partial charge in [0.1, 0.15) is 0 Å². The van der Waals surface area contributed by atoms with Gasteiger partial charge in [0.05, 0.1) is 11.1 Å². The molecule has 2 nitrogen and oxygen atoms in total. The molecule has 2 heterocycles. The van der Waals surface area contributed by atoms with Crippen LogP contribution in [-0.2, 0) is 0 Å². The van der Waals surface area contributed by atoms with E-state index in [9.17, 15) is 17.6 Å². The maximum Gasteiger partial charge on any atom is 0.169 e. The van der Waals surface area contributed by atoms with Crippen LogP contribution in [0.5, 0.6) is 0 Å². The first-order valence-electron chi connectivity index (χ1n) is 7.60. The van der Waals surface area contributed by atoms with Crippen LogP contribution >= 0.6 is 0 Å². The Morgan fingerprint density at radius 1 is 0.500 bits per heavy atom. The number of nitrogens with zero attached hydrogens (tertiary/aromatic N) is 2. The highest BCUT2D eigenvalue weighted by Crippen LogP contribution is 2.27. The lowest BCUT2D eigenvalue weighted by Crippen LogP contribution is -2.03. The second kappa shape index (κ2) is 7.74. The highest BCUT2D eigenvalue weighted by Gasteiger charge is 2.22. The van der Waals surface area contributed by atoms with Gasteiger partial charge in [-0.15, -0.1) is 0 Å². The van der Waals surface area contributed by atoms with Gasteiger partial charge < -0.3 is 0 Å². The van der Waals surface area contributed by atoms with Crippen LogP contribution < -0.4 is 0 Å². The van der Waals surface area contributed by atoms with Crippen LogP contribution in [-0.4, -0.2) is 9.97 Å². The van der Waals surface area contributed by atoms with Gasteiger partial charge in [-0.1, -0.05) is 12.2 Å². The van der Waals surface area contributed by atoms with Crippen molar-refractivity contribution < 1.29 is 17.6 Å². The van der Waals surface area contributed by atoms with E-state index in [1.165, 1.54) is 36.9 Å². The van der Waals surface area contributed by atoms with E-state index in [0.29, 0.717) is 11.1 Å². The molecule has 2 aromatic heterocycles. The fraction of sp³-hybridized carbons (Fsp3) is 0. The first-order chi connectivity index (χ1) is 12.6. The average Bonchev–Trinajstić information content (AvgIpc) is 2.68. The Hall–Kier alpha value is -3.28. The zero-order chi connectivity index (χ0) is 18.5. The summed E-state index contributed by atoms with van der Waals surface area (Å²) in [6.07, 6.45) is 10.6. The van der Waals surface area contributed by atoms with Gasteiger partial charge >= 0.3 is 0 Å². The highest BCUT2D eigenvalue weighted by atomic mass is 19.2. The lowest BCUT2D eigenvalue weighted by atomic mass is 10.1. The molecule has 3 aromatic rings. The maximum absolute atomic E-state index is 14.2. The first-order valence-corrected chi connectivity index (χ1v) is 7.60. The van der Waals surface area contributed by atoms with Crippen LogP contribution in [0.1, 0.15) is 22.3 Å². The van der Waals surface area contributed by atoms with Gasteiger partial charge in [-0.3, -0.25) is 9.97 Å². The molecule has 0 aliphatic rings. The minimum absolute atomic E-state index is 0.585. The summed E-state index contributed by atoms with van der Waals surface area (Å²) in [5.74, 6) is -5.82. The van der Waals surface area contributed by atoms with Crippen molar-refractivity contribution in [2.75, 3.05) is 0 Å². The smallest absolute Gasteiger partial charge is 0.169 e. The Kier molecular flexibility index (Phi) is 5.22. The van der Waals surface area contributed by atoms with E-state index in [1.54, 1.807) is 24.3 Å². The molecule has 0 saturated heterocycles. The molecule has 0 aliphatic heterocycles. The second-order valence-corrected chi connectivity index (χ2v) is 5.31. The molecule has 0 aliphatic carbocycles. The van der Waals surface area contributed by atoms with E-state index in [4.69, 9.17) is 0 Å². The number of hydrogen-bond donors (Lipinski definition) is 0. The lowest BCUT2D eigenvalue weighted by Gasteiger charge is -2.07. The van der Waals surface area contributed by atoms with E-state index < -0.39 is 34.4 Å². The van der Waals surface area contributed by atoms with Crippen molar-refractivity contribution in [2.45, 2.75) is 0 Å². The first kappa shape index (κ1) is 17.5. The molecule has 0 bridgehead atoms. The SMILES string of the molecule is Fc1c(F)c(C=Cc2ccncc2)c(F)c(F)c1C=Cc1ccncc1. The molecule has 0 fully saturated rings. The standard InChI is InChI=1S/C20H12F4N2/c21-17-15(3-1-13-5-9-25-10-6-13)18(22)20(24)16(19(17)23)4-2-14-7-11-26-12-8-14/h1-12H. The van der Waals surface area contributed by atoms with Crippen LogP contribution in [0.25, 0.3) is 24.3 Å². The summed E-state index contributed by atoms with van der Waals surface area (Å²) >= 11 is 0. The summed E-state index contributed by atoms with van der Waals surface area (Å²) < 4.78 is 57.0. The predicted octanol–water partition coefficient (Wildman–Crippen LogP) is 5.37. The van der Waals surface area contributed by atoms with Crippen molar-refractivity contribution in [1.82, 2.24) is 9.97 Å². The minimum atomic E-state index is -1.46. The lowest BCUT2D eigenvalue weighted by molar-refractivity contribution is 0.448. The van der Waals surface area contributed by atoms with E-state index in [-0.39, 0.29) is 0 Å². The molecule has 0 N–H and O–H groups in total. The molecule has 0 saturated carbocycles. The van der Waals surface area contributed by atoms with Gasteiger partial charge in [-0.05, 0) is 47.5 Å². The Morgan fingerprint density at radius 2 is 0.808 bits per heavy atom. The Morgan fingerprint density at radius 3 is 1.12 bits per heavy atom. The third-order valence-electron chi connectivity index (χ3n) is 3.63. The van der Waals surface area contributed by atoms with Crippen molar-refractivity contribution in [1.29, 1.82) is 0 Å². The number of benzene rings is 1. The zero-order valence-corrected chi connectivity index (χ0v) is 13.3. The number of aromatic nitrogens is 2. The van der Waals surface area contributed by atoms with Gasteiger partial charge in [-0.2, -0.15) is 0 Å². The summed E-state index contributed by atoms with van der Waals surface area (Å²) in [7, 11) is 0. The van der Waals surface area contributed by atoms with Gasteiger partial charge in [0.15, 0.2) is 23.3 Å². The molecule has 6 heteroatoms. The fourth-order valence-corrected chi connectivity index (χ4v) is 2.27. The molecule has 0 spiro atoms. The van der Waals surface area contributed by atoms with E-state index >= 15 is 0 Å². The van der Waals surface area contributed by atoms with Gasteiger partial charge in [0.25, 0.3) is 0 Å². The average molecular weight is 356 g/mol. The van der Waals surface area contributed by atoms with Crippen molar-refractivity contribution in [3.05, 3.63) is 94.6 Å². The molecule has 0 radical (unpaired) electrons. The van der Waals surface area contributed by atoms with Crippen molar-refractivity contribution in [2.24, 2.45) is 0 Å². The fourth-order valence-electron chi connectivity index (χ4n) is 2.27. The predicted molar refractivity (Wildman–Crippen MR) is 92.6 cm³/mol. The number of rotatable bonds is 4.